The molecule has 4 aromatic carbocycles. The molecule has 5 aromatic rings. The first-order chi connectivity index (χ1) is 24.7. The number of benzene rings is 4. The number of aliphatic hydroxyl groups excluding tert-OH is 1. The molecular weight excluding hydrogens is 652 g/mol. The molecule has 1 aliphatic heterocycles. The second-order valence-electron chi connectivity index (χ2n) is 12.2. The van der Waals surface area contributed by atoms with E-state index in [4.69, 9.17) is 18.6 Å². The molecule has 0 saturated carbocycles. The van der Waals surface area contributed by atoms with E-state index in [1.807, 2.05) is 97.9 Å². The summed E-state index contributed by atoms with van der Waals surface area (Å²) < 4.78 is 22.3. The fourth-order valence-electron chi connectivity index (χ4n) is 6.22. The van der Waals surface area contributed by atoms with E-state index in [1.165, 1.54) is 4.90 Å². The summed E-state index contributed by atoms with van der Waals surface area (Å²) in [7, 11) is 0. The highest BCUT2D eigenvalue weighted by Crippen LogP contribution is 2.38. The largest absolute Gasteiger partial charge is 0.503 e. The molecule has 1 aromatic heterocycles. The number of rotatable bonds is 14. The number of esters is 1. The van der Waals surface area contributed by atoms with Gasteiger partial charge < -0.3 is 33.7 Å². The van der Waals surface area contributed by atoms with Gasteiger partial charge in [-0.25, -0.2) is 9.78 Å². The minimum atomic E-state index is -1.19. The van der Waals surface area contributed by atoms with Crippen molar-refractivity contribution >= 4 is 45.8 Å². The number of hydrogen-bond donors (Lipinski definition) is 2. The van der Waals surface area contributed by atoms with Crippen LogP contribution in [0.15, 0.2) is 107 Å². The van der Waals surface area contributed by atoms with Crippen LogP contribution in [-0.2, 0) is 25.7 Å². The zero-order valence-corrected chi connectivity index (χ0v) is 28.3. The van der Waals surface area contributed by atoms with Gasteiger partial charge in [-0.1, -0.05) is 60.7 Å². The number of carboxylic acids is 1. The SMILES string of the molecule is CCOC(=O)C(CCC(=O)O)=C(O)C(=O)N(Cc1ccc2ccccc2c1)[C@H](C)[C@H](C/C=C/c1nc2ccccc2o1)c1ccc2c(c1)OCO2. The van der Waals surface area contributed by atoms with Gasteiger partial charge in [0.05, 0.1) is 12.2 Å². The molecule has 0 saturated heterocycles. The number of para-hydroxylation sites is 2. The Morgan fingerprint density at radius 2 is 1.69 bits per heavy atom. The van der Waals surface area contributed by atoms with Crippen LogP contribution in [0.4, 0.5) is 0 Å². The van der Waals surface area contributed by atoms with Crippen molar-refractivity contribution in [2.45, 2.75) is 51.6 Å². The van der Waals surface area contributed by atoms with Gasteiger partial charge in [-0.3, -0.25) is 9.59 Å². The van der Waals surface area contributed by atoms with E-state index < -0.39 is 41.6 Å². The third-order valence-electron chi connectivity index (χ3n) is 8.89. The number of aromatic nitrogens is 1. The highest BCUT2D eigenvalue weighted by Gasteiger charge is 2.33. The van der Waals surface area contributed by atoms with Gasteiger partial charge in [-0.05, 0) is 85.0 Å². The normalized spacial score (nSPS) is 14.0. The van der Waals surface area contributed by atoms with Crippen molar-refractivity contribution in [3.8, 4) is 11.5 Å². The zero-order chi connectivity index (χ0) is 35.9. The van der Waals surface area contributed by atoms with E-state index in [2.05, 4.69) is 4.98 Å². The maximum Gasteiger partial charge on any atom is 0.337 e. The highest BCUT2D eigenvalue weighted by molar-refractivity contribution is 6.01. The maximum absolute atomic E-state index is 14.4. The fraction of sp³-hybridized carbons (Fsp3) is 0.250. The molecule has 0 aliphatic carbocycles. The number of amides is 1. The molecule has 262 valence electrons. The number of oxazole rings is 1. The molecule has 0 radical (unpaired) electrons. The molecule has 51 heavy (non-hydrogen) atoms. The number of carboxylic acid groups (broad SMARTS) is 1. The quantitative estimate of drug-likeness (QED) is 0.0679. The van der Waals surface area contributed by atoms with Crippen LogP contribution in [0.5, 0.6) is 11.5 Å². The first-order valence-electron chi connectivity index (χ1n) is 16.7. The van der Waals surface area contributed by atoms with E-state index >= 15 is 0 Å². The summed E-state index contributed by atoms with van der Waals surface area (Å²) in [5, 5.41) is 22.8. The molecule has 6 rings (SSSR count). The topological polar surface area (TPSA) is 149 Å². The van der Waals surface area contributed by atoms with E-state index in [9.17, 15) is 24.6 Å². The summed E-state index contributed by atoms with van der Waals surface area (Å²) in [5.74, 6) is -2.59. The van der Waals surface area contributed by atoms with Crippen LogP contribution in [0.2, 0.25) is 0 Å². The monoisotopic (exact) mass is 690 g/mol. The molecule has 11 heteroatoms. The Hall–Kier alpha value is -6.10. The summed E-state index contributed by atoms with van der Waals surface area (Å²) in [4.78, 5) is 44.9. The number of aliphatic carboxylic acids is 1. The predicted octanol–water partition coefficient (Wildman–Crippen LogP) is 7.55. The van der Waals surface area contributed by atoms with Gasteiger partial charge >= 0.3 is 11.9 Å². The van der Waals surface area contributed by atoms with Crippen LogP contribution >= 0.6 is 0 Å². The van der Waals surface area contributed by atoms with Crippen LogP contribution in [0.1, 0.15) is 56.0 Å². The molecular formula is C40H38N2O9. The van der Waals surface area contributed by atoms with Gasteiger partial charge in [0.25, 0.3) is 5.91 Å². The first kappa shape index (κ1) is 34.8. The first-order valence-corrected chi connectivity index (χ1v) is 16.7. The van der Waals surface area contributed by atoms with Crippen LogP contribution < -0.4 is 9.47 Å². The molecule has 2 atom stereocenters. The molecule has 2 N–H and O–H groups in total. The lowest BCUT2D eigenvalue weighted by Crippen LogP contribution is -2.43. The van der Waals surface area contributed by atoms with Crippen LogP contribution in [-0.4, -0.2) is 57.4 Å². The van der Waals surface area contributed by atoms with Crippen molar-refractivity contribution in [2.24, 2.45) is 0 Å². The van der Waals surface area contributed by atoms with Crippen LogP contribution in [0.25, 0.3) is 27.9 Å². The molecule has 11 nitrogen and oxygen atoms in total. The minimum absolute atomic E-state index is 0.0211. The Bertz CT molecular complexity index is 2100. The lowest BCUT2D eigenvalue weighted by molar-refractivity contribution is -0.141. The number of carbonyl (C=O) groups is 3. The number of nitrogens with zero attached hydrogens (tertiary/aromatic N) is 2. The number of carbonyl (C=O) groups excluding carboxylic acids is 2. The smallest absolute Gasteiger partial charge is 0.337 e. The summed E-state index contributed by atoms with van der Waals surface area (Å²) in [6.45, 7) is 3.60. The van der Waals surface area contributed by atoms with Crippen LogP contribution in [0, 0.1) is 0 Å². The minimum Gasteiger partial charge on any atom is -0.503 e. The van der Waals surface area contributed by atoms with E-state index in [0.29, 0.717) is 29.4 Å². The van der Waals surface area contributed by atoms with Gasteiger partial charge in [0.15, 0.2) is 22.8 Å². The molecule has 1 amide bonds. The summed E-state index contributed by atoms with van der Waals surface area (Å²) in [5.41, 5.74) is 2.62. The van der Waals surface area contributed by atoms with Crippen molar-refractivity contribution < 1.29 is 43.2 Å². The number of hydrogen-bond acceptors (Lipinski definition) is 9. The van der Waals surface area contributed by atoms with Gasteiger partial charge in [0.1, 0.15) is 5.52 Å². The second kappa shape index (κ2) is 15.6. The number of fused-ring (bicyclic) bond motifs is 3. The van der Waals surface area contributed by atoms with Crippen molar-refractivity contribution in [1.82, 2.24) is 9.88 Å². The maximum atomic E-state index is 14.4. The Balaban J connectivity index is 1.41. The Morgan fingerprint density at radius 3 is 2.47 bits per heavy atom. The number of aliphatic hydroxyl groups is 1. The Labute approximate surface area is 294 Å². The standard InChI is InChI=1S/C40H38N2O9/c1-3-48-40(47)31(18-20-37(43)44)38(45)39(46)42(23-26-15-16-27-9-4-5-10-28(27)21-26)25(2)30(29-17-19-34-35(22-29)50-24-49-34)11-8-14-36-41-32-12-6-7-13-33(32)51-36/h4-10,12-17,19,21-22,25,30,45H,3,11,18,20,23-24H2,1-2H3,(H,43,44)/b14-8+,38-31?/t25-,30+/m1/s1. The summed E-state index contributed by atoms with van der Waals surface area (Å²) >= 11 is 0. The molecule has 0 fully saturated rings. The van der Waals surface area contributed by atoms with Gasteiger partial charge in [-0.2, -0.15) is 0 Å². The lowest BCUT2D eigenvalue weighted by atomic mass is 9.87. The van der Waals surface area contributed by atoms with E-state index in [0.717, 1.165) is 27.4 Å². The molecule has 0 unspecified atom stereocenters. The van der Waals surface area contributed by atoms with Crippen molar-refractivity contribution in [1.29, 1.82) is 0 Å². The second-order valence-corrected chi connectivity index (χ2v) is 12.2. The zero-order valence-electron chi connectivity index (χ0n) is 28.3. The van der Waals surface area contributed by atoms with E-state index in [-0.39, 0.29) is 32.3 Å². The average Bonchev–Trinajstić information content (AvgIpc) is 3.78. The average molecular weight is 691 g/mol. The molecule has 1 aliphatic rings. The molecule has 2 heterocycles. The third kappa shape index (κ3) is 8.04. The Morgan fingerprint density at radius 1 is 0.922 bits per heavy atom. The molecule has 0 spiro atoms. The van der Waals surface area contributed by atoms with Gasteiger partial charge in [0.2, 0.25) is 12.7 Å². The summed E-state index contributed by atoms with van der Waals surface area (Å²) in [6, 6.07) is 26.2. The Kier molecular flexibility index (Phi) is 10.6. The van der Waals surface area contributed by atoms with Gasteiger partial charge in [-0.15, -0.1) is 0 Å². The third-order valence-corrected chi connectivity index (χ3v) is 8.89. The molecule has 0 bridgehead atoms. The summed E-state index contributed by atoms with van der Waals surface area (Å²) in [6.07, 6.45) is 3.25. The lowest BCUT2D eigenvalue weighted by Gasteiger charge is -2.35. The van der Waals surface area contributed by atoms with Crippen molar-refractivity contribution in [3.63, 3.8) is 0 Å². The van der Waals surface area contributed by atoms with Crippen molar-refractivity contribution in [2.75, 3.05) is 13.4 Å². The van der Waals surface area contributed by atoms with Crippen molar-refractivity contribution in [3.05, 3.63) is 119 Å². The van der Waals surface area contributed by atoms with Crippen LogP contribution in [0.3, 0.4) is 0 Å². The number of allylic oxidation sites excluding steroid dienone is 1. The number of ether oxygens (including phenoxy) is 3. The predicted molar refractivity (Wildman–Crippen MR) is 190 cm³/mol. The fourth-order valence-corrected chi connectivity index (χ4v) is 6.22. The van der Waals surface area contributed by atoms with Gasteiger partial charge in [0, 0.05) is 24.9 Å². The highest BCUT2D eigenvalue weighted by atomic mass is 16.7. The van der Waals surface area contributed by atoms with E-state index in [1.54, 1.807) is 13.0 Å².